The van der Waals surface area contributed by atoms with Crippen molar-refractivity contribution in [1.82, 2.24) is 5.32 Å². The average Bonchev–Trinajstić information content (AvgIpc) is 2.71. The smallest absolute Gasteiger partial charge is 0.335 e. The number of carbonyl (C=O) groups is 2. The molecule has 0 heterocycles. The molecule has 7 nitrogen and oxygen atoms in total. The maximum Gasteiger partial charge on any atom is 0.335 e. The molecule has 1 saturated carbocycles. The maximum absolute atomic E-state index is 12.6. The number of hydrogen-bond acceptors (Lipinski definition) is 5. The van der Waals surface area contributed by atoms with Crippen molar-refractivity contribution in [2.75, 3.05) is 20.3 Å². The molecule has 1 fully saturated rings. The number of ether oxygens (including phenoxy) is 3. The van der Waals surface area contributed by atoms with Crippen LogP contribution >= 0.6 is 0 Å². The van der Waals surface area contributed by atoms with E-state index in [0.717, 1.165) is 30.4 Å². The molecule has 0 aliphatic heterocycles. The molecule has 2 N–H and O–H groups in total. The SMILES string of the molecule is C/C=C(\COC1CCCC(OCC(OC)C(=O)O)C1)NC(=O)c1ccc(C)cc1C. The summed E-state index contributed by atoms with van der Waals surface area (Å²) in [6, 6.07) is 5.75. The Labute approximate surface area is 178 Å². The number of carboxylic acid groups (broad SMARTS) is 1. The Balaban J connectivity index is 1.82. The molecule has 1 aromatic carbocycles. The van der Waals surface area contributed by atoms with Gasteiger partial charge in [-0.15, -0.1) is 0 Å². The molecule has 1 amide bonds. The number of nitrogens with one attached hydrogen (secondary N) is 1. The summed E-state index contributed by atoms with van der Waals surface area (Å²) in [5.41, 5.74) is 3.42. The molecule has 166 valence electrons. The summed E-state index contributed by atoms with van der Waals surface area (Å²) in [6.07, 6.45) is 4.25. The predicted octanol–water partition coefficient (Wildman–Crippen LogP) is 3.38. The molecule has 30 heavy (non-hydrogen) atoms. The lowest BCUT2D eigenvalue weighted by molar-refractivity contribution is -0.154. The van der Waals surface area contributed by atoms with E-state index in [1.807, 2.05) is 45.0 Å². The van der Waals surface area contributed by atoms with Gasteiger partial charge in [0.25, 0.3) is 5.91 Å². The summed E-state index contributed by atoms with van der Waals surface area (Å²) in [5, 5.41) is 12.0. The number of carbonyl (C=O) groups excluding carboxylic acids is 1. The fraction of sp³-hybridized carbons (Fsp3) is 0.565. The number of methoxy groups -OCH3 is 1. The first-order valence-electron chi connectivity index (χ1n) is 10.4. The summed E-state index contributed by atoms with van der Waals surface area (Å²) in [7, 11) is 1.36. The third-order valence-corrected chi connectivity index (χ3v) is 5.34. The van der Waals surface area contributed by atoms with Crippen LogP contribution in [-0.4, -0.2) is 55.6 Å². The lowest BCUT2D eigenvalue weighted by Crippen LogP contribution is -2.34. The van der Waals surface area contributed by atoms with Gasteiger partial charge in [0.1, 0.15) is 0 Å². The van der Waals surface area contributed by atoms with E-state index in [-0.39, 0.29) is 24.7 Å². The molecule has 0 radical (unpaired) electrons. The van der Waals surface area contributed by atoms with E-state index in [0.29, 0.717) is 24.3 Å². The molecular weight excluding hydrogens is 386 g/mol. The van der Waals surface area contributed by atoms with Crippen LogP contribution in [0, 0.1) is 13.8 Å². The van der Waals surface area contributed by atoms with E-state index in [4.69, 9.17) is 19.3 Å². The maximum atomic E-state index is 12.6. The zero-order valence-electron chi connectivity index (χ0n) is 18.3. The van der Waals surface area contributed by atoms with Crippen molar-refractivity contribution in [3.05, 3.63) is 46.7 Å². The highest BCUT2D eigenvalue weighted by Crippen LogP contribution is 2.24. The highest BCUT2D eigenvalue weighted by Gasteiger charge is 2.26. The second-order valence-electron chi connectivity index (χ2n) is 7.70. The van der Waals surface area contributed by atoms with Gasteiger partial charge < -0.3 is 24.6 Å². The molecule has 0 aromatic heterocycles. The zero-order valence-corrected chi connectivity index (χ0v) is 18.3. The minimum Gasteiger partial charge on any atom is -0.479 e. The first-order valence-corrected chi connectivity index (χ1v) is 10.4. The van der Waals surface area contributed by atoms with Crippen molar-refractivity contribution < 1.29 is 28.9 Å². The second-order valence-corrected chi connectivity index (χ2v) is 7.70. The van der Waals surface area contributed by atoms with Crippen molar-refractivity contribution in [3.8, 4) is 0 Å². The Morgan fingerprint density at radius 1 is 1.23 bits per heavy atom. The first kappa shape index (κ1) is 24.1. The lowest BCUT2D eigenvalue weighted by atomic mass is 9.95. The second kappa shape index (κ2) is 11.8. The monoisotopic (exact) mass is 419 g/mol. The van der Waals surface area contributed by atoms with Crippen LogP contribution in [0.3, 0.4) is 0 Å². The van der Waals surface area contributed by atoms with Gasteiger partial charge >= 0.3 is 5.97 Å². The molecule has 1 aliphatic carbocycles. The average molecular weight is 420 g/mol. The molecule has 0 spiro atoms. The lowest BCUT2D eigenvalue weighted by Gasteiger charge is -2.30. The molecule has 1 aliphatic rings. The van der Waals surface area contributed by atoms with Gasteiger partial charge in [0.05, 0.1) is 25.4 Å². The highest BCUT2D eigenvalue weighted by molar-refractivity contribution is 5.96. The van der Waals surface area contributed by atoms with Gasteiger partial charge in [-0.3, -0.25) is 4.79 Å². The number of rotatable bonds is 10. The van der Waals surface area contributed by atoms with Crippen molar-refractivity contribution >= 4 is 11.9 Å². The van der Waals surface area contributed by atoms with Crippen LogP contribution in [0.1, 0.15) is 54.1 Å². The van der Waals surface area contributed by atoms with E-state index in [1.54, 1.807) is 0 Å². The number of aryl methyl sites for hydroxylation is 2. The number of allylic oxidation sites excluding steroid dienone is 1. The Bertz CT molecular complexity index is 760. The Kier molecular flexibility index (Phi) is 9.49. The largest absolute Gasteiger partial charge is 0.479 e. The van der Waals surface area contributed by atoms with Gasteiger partial charge in [-0.1, -0.05) is 23.8 Å². The van der Waals surface area contributed by atoms with Crippen molar-refractivity contribution in [3.63, 3.8) is 0 Å². The molecule has 3 atom stereocenters. The molecule has 3 unspecified atom stereocenters. The third kappa shape index (κ3) is 7.23. The fourth-order valence-corrected chi connectivity index (χ4v) is 3.55. The van der Waals surface area contributed by atoms with E-state index < -0.39 is 12.1 Å². The number of hydrogen-bond donors (Lipinski definition) is 2. The van der Waals surface area contributed by atoms with Gasteiger partial charge in [0.15, 0.2) is 6.10 Å². The van der Waals surface area contributed by atoms with Gasteiger partial charge in [-0.2, -0.15) is 0 Å². The summed E-state index contributed by atoms with van der Waals surface area (Å²) >= 11 is 0. The minimum absolute atomic E-state index is 0.00235. The minimum atomic E-state index is -1.03. The van der Waals surface area contributed by atoms with Gasteiger partial charge in [0.2, 0.25) is 0 Å². The van der Waals surface area contributed by atoms with Crippen LogP contribution in [0.5, 0.6) is 0 Å². The topological polar surface area (TPSA) is 94.1 Å². The van der Waals surface area contributed by atoms with Crippen LogP contribution in [0.25, 0.3) is 0 Å². The summed E-state index contributed by atoms with van der Waals surface area (Å²) in [5.74, 6) is -1.17. The molecule has 7 heteroatoms. The summed E-state index contributed by atoms with van der Waals surface area (Å²) < 4.78 is 16.7. The number of carboxylic acids is 1. The van der Waals surface area contributed by atoms with E-state index in [1.165, 1.54) is 7.11 Å². The van der Waals surface area contributed by atoms with E-state index in [9.17, 15) is 9.59 Å². The fourth-order valence-electron chi connectivity index (χ4n) is 3.55. The van der Waals surface area contributed by atoms with Crippen molar-refractivity contribution in [2.45, 2.75) is 64.8 Å². The van der Waals surface area contributed by atoms with Crippen LogP contribution < -0.4 is 5.32 Å². The molecule has 0 bridgehead atoms. The number of benzene rings is 1. The van der Waals surface area contributed by atoms with Crippen LogP contribution in [0.15, 0.2) is 30.0 Å². The van der Waals surface area contributed by atoms with Gasteiger partial charge in [-0.25, -0.2) is 4.79 Å². The number of amides is 1. The van der Waals surface area contributed by atoms with Crippen LogP contribution in [0.2, 0.25) is 0 Å². The van der Waals surface area contributed by atoms with Crippen LogP contribution in [0.4, 0.5) is 0 Å². The molecular formula is C23H33NO6. The Morgan fingerprint density at radius 2 is 1.93 bits per heavy atom. The van der Waals surface area contributed by atoms with E-state index in [2.05, 4.69) is 5.32 Å². The summed E-state index contributed by atoms with van der Waals surface area (Å²) in [6.45, 7) is 6.12. The predicted molar refractivity (Wildman–Crippen MR) is 114 cm³/mol. The van der Waals surface area contributed by atoms with Gasteiger partial charge in [0, 0.05) is 18.4 Å². The summed E-state index contributed by atoms with van der Waals surface area (Å²) in [4.78, 5) is 23.6. The van der Waals surface area contributed by atoms with Crippen molar-refractivity contribution in [1.29, 1.82) is 0 Å². The van der Waals surface area contributed by atoms with Crippen LogP contribution in [-0.2, 0) is 19.0 Å². The first-order chi connectivity index (χ1) is 14.3. The molecule has 2 rings (SSSR count). The quantitative estimate of drug-likeness (QED) is 0.604. The number of aliphatic carboxylic acids is 1. The van der Waals surface area contributed by atoms with Gasteiger partial charge in [-0.05, 0) is 58.1 Å². The normalized spacial score (nSPS) is 20.6. The Hall–Kier alpha value is -2.22. The third-order valence-electron chi connectivity index (χ3n) is 5.34. The molecule has 0 saturated heterocycles. The highest BCUT2D eigenvalue weighted by atomic mass is 16.5. The molecule has 1 aromatic rings. The van der Waals surface area contributed by atoms with E-state index >= 15 is 0 Å². The van der Waals surface area contributed by atoms with Crippen molar-refractivity contribution in [2.24, 2.45) is 0 Å². The standard InChI is InChI=1S/C23H33NO6/c1-5-17(24-22(25)20-10-9-15(2)11-16(20)3)13-29-18-7-6-8-19(12-18)30-14-21(28-4)23(26)27/h5,9-11,18-19,21H,6-8,12-14H2,1-4H3,(H,24,25)(H,26,27)/b17-5+. The zero-order chi connectivity index (χ0) is 22.1. The Morgan fingerprint density at radius 3 is 2.53 bits per heavy atom.